The van der Waals surface area contributed by atoms with E-state index in [0.29, 0.717) is 5.02 Å². The molecule has 16 heavy (non-hydrogen) atoms. The van der Waals surface area contributed by atoms with Gasteiger partial charge < -0.3 is 0 Å². The molecule has 1 atom stereocenters. The first-order valence-electron chi connectivity index (χ1n) is 5.05. The smallest absolute Gasteiger partial charge is 0.225 e. The Kier molecular flexibility index (Phi) is 4.22. The van der Waals surface area contributed by atoms with Crippen LogP contribution in [0, 0.1) is 13.8 Å². The summed E-state index contributed by atoms with van der Waals surface area (Å²) in [4.78, 5) is 13.2. The molecule has 0 aromatic heterocycles. The predicted molar refractivity (Wildman–Crippen MR) is 69.4 cm³/mol. The molecule has 0 saturated carbocycles. The minimum Gasteiger partial charge on any atom is -0.295 e. The van der Waals surface area contributed by atoms with Crippen molar-refractivity contribution in [3.8, 4) is 0 Å². The normalized spacial score (nSPS) is 12.4. The Morgan fingerprint density at radius 3 is 2.38 bits per heavy atom. The number of carbonyl (C=O) groups excluding carboxylic acids is 1. The first kappa shape index (κ1) is 13.3. The van der Waals surface area contributed by atoms with Crippen molar-refractivity contribution in [1.82, 2.24) is 0 Å². The molecule has 1 unspecified atom stereocenters. The molecular formula is C12H15Cl2NO. The largest absolute Gasteiger partial charge is 0.295 e. The molecule has 1 aromatic carbocycles. The van der Waals surface area contributed by atoms with Crippen molar-refractivity contribution in [2.24, 2.45) is 0 Å². The summed E-state index contributed by atoms with van der Waals surface area (Å²) in [6.45, 7) is 7.09. The number of carbonyl (C=O) groups is 1. The molecule has 0 spiro atoms. The van der Waals surface area contributed by atoms with Gasteiger partial charge in [-0.15, -0.1) is 0 Å². The number of hydrogen-bond acceptors (Lipinski definition) is 1. The highest BCUT2D eigenvalue weighted by Crippen LogP contribution is 2.32. The van der Waals surface area contributed by atoms with Crippen LogP contribution < -0.4 is 4.90 Å². The number of benzene rings is 1. The number of anilines is 1. The average Bonchev–Trinajstić information content (AvgIpc) is 2.17. The molecule has 0 radical (unpaired) electrons. The van der Waals surface area contributed by atoms with E-state index in [1.807, 2.05) is 26.0 Å². The Bertz CT molecular complexity index is 416. The van der Waals surface area contributed by atoms with E-state index >= 15 is 0 Å². The molecule has 4 heteroatoms. The van der Waals surface area contributed by atoms with Gasteiger partial charge in [-0.1, -0.05) is 29.3 Å². The van der Waals surface area contributed by atoms with Crippen LogP contribution in [-0.2, 0) is 4.79 Å². The van der Waals surface area contributed by atoms with Crippen LogP contribution >= 0.6 is 23.2 Å². The molecular weight excluding hydrogens is 245 g/mol. The summed E-state index contributed by atoms with van der Waals surface area (Å²) in [6.07, 6.45) is 0. The fraction of sp³-hybridized carbons (Fsp3) is 0.417. The van der Waals surface area contributed by atoms with Gasteiger partial charge in [-0.3, -0.25) is 9.69 Å². The molecule has 0 bridgehead atoms. The number of nitrogens with zero attached hydrogens (tertiary/aromatic N) is 1. The highest BCUT2D eigenvalue weighted by Gasteiger charge is 2.21. The Morgan fingerprint density at radius 1 is 1.38 bits per heavy atom. The zero-order valence-electron chi connectivity index (χ0n) is 9.84. The second kappa shape index (κ2) is 5.07. The molecule has 0 aliphatic carbocycles. The van der Waals surface area contributed by atoms with Gasteiger partial charge in [-0.2, -0.15) is 0 Å². The molecule has 0 aliphatic heterocycles. The number of aryl methyl sites for hydroxylation is 1. The Hall–Kier alpha value is -0.730. The van der Waals surface area contributed by atoms with Crippen molar-refractivity contribution < 1.29 is 4.79 Å². The van der Waals surface area contributed by atoms with Gasteiger partial charge in [-0.25, -0.2) is 0 Å². The molecule has 2 nitrogen and oxygen atoms in total. The van der Waals surface area contributed by atoms with Crippen LogP contribution in [0.4, 0.5) is 5.69 Å². The van der Waals surface area contributed by atoms with Crippen molar-refractivity contribution in [3.05, 3.63) is 28.3 Å². The summed E-state index contributed by atoms with van der Waals surface area (Å²) in [5.74, 6) is -0.0871. The van der Waals surface area contributed by atoms with Crippen LogP contribution in [0.5, 0.6) is 0 Å². The number of alkyl halides is 1. The third kappa shape index (κ3) is 2.50. The van der Waals surface area contributed by atoms with Crippen molar-refractivity contribution in [3.63, 3.8) is 0 Å². The van der Waals surface area contributed by atoms with E-state index in [0.717, 1.165) is 16.8 Å². The van der Waals surface area contributed by atoms with Crippen LogP contribution in [-0.4, -0.2) is 11.4 Å². The van der Waals surface area contributed by atoms with Crippen LogP contribution in [0.1, 0.15) is 25.0 Å². The lowest BCUT2D eigenvalue weighted by atomic mass is 10.1. The van der Waals surface area contributed by atoms with Crippen molar-refractivity contribution in [1.29, 1.82) is 0 Å². The minimum absolute atomic E-state index is 0.0871. The van der Waals surface area contributed by atoms with Crippen LogP contribution in [0.2, 0.25) is 5.02 Å². The summed E-state index contributed by atoms with van der Waals surface area (Å²) in [6, 6.07) is 3.72. The highest BCUT2D eigenvalue weighted by molar-refractivity contribution is 6.32. The standard InChI is InChI=1S/C12H15Cl2NO/c1-7-5-6-11(14)8(2)12(7)15(9(3)13)10(4)16/h5-6,9H,1-4H3. The highest BCUT2D eigenvalue weighted by atomic mass is 35.5. The SMILES string of the molecule is CC(=O)N(c1c(C)ccc(Cl)c1C)C(C)Cl. The summed E-state index contributed by atoms with van der Waals surface area (Å²) < 4.78 is 0. The Balaban J connectivity index is 3.40. The molecule has 88 valence electrons. The zero-order chi connectivity index (χ0) is 12.5. The van der Waals surface area contributed by atoms with E-state index in [1.54, 1.807) is 11.8 Å². The molecule has 1 aromatic rings. The molecule has 0 fully saturated rings. The van der Waals surface area contributed by atoms with E-state index in [4.69, 9.17) is 23.2 Å². The minimum atomic E-state index is -0.395. The number of hydrogen-bond donors (Lipinski definition) is 0. The Labute approximate surface area is 106 Å². The van der Waals surface area contributed by atoms with Crippen molar-refractivity contribution >= 4 is 34.8 Å². The average molecular weight is 260 g/mol. The lowest BCUT2D eigenvalue weighted by Crippen LogP contribution is -2.34. The van der Waals surface area contributed by atoms with Gasteiger partial charge >= 0.3 is 0 Å². The van der Waals surface area contributed by atoms with Crippen molar-refractivity contribution in [2.75, 3.05) is 4.90 Å². The summed E-state index contributed by atoms with van der Waals surface area (Å²) in [5.41, 5.74) is 2.28. The van der Waals surface area contributed by atoms with E-state index in [1.165, 1.54) is 6.92 Å². The molecule has 0 aliphatic rings. The molecule has 0 saturated heterocycles. The first-order chi connectivity index (χ1) is 7.36. The second-order valence-electron chi connectivity index (χ2n) is 3.80. The number of halogens is 2. The summed E-state index contributed by atoms with van der Waals surface area (Å²) >= 11 is 12.1. The monoisotopic (exact) mass is 259 g/mol. The second-order valence-corrected chi connectivity index (χ2v) is 4.84. The van der Waals surface area contributed by atoms with E-state index in [-0.39, 0.29) is 5.91 Å². The maximum atomic E-state index is 11.6. The topological polar surface area (TPSA) is 20.3 Å². The van der Waals surface area contributed by atoms with Gasteiger partial charge in [0.25, 0.3) is 0 Å². The number of amides is 1. The fourth-order valence-electron chi connectivity index (χ4n) is 1.77. The third-order valence-corrected chi connectivity index (χ3v) is 3.11. The fourth-order valence-corrected chi connectivity index (χ4v) is 2.16. The lowest BCUT2D eigenvalue weighted by molar-refractivity contribution is -0.116. The lowest BCUT2D eigenvalue weighted by Gasteiger charge is -2.27. The third-order valence-electron chi connectivity index (χ3n) is 2.50. The van der Waals surface area contributed by atoms with Crippen LogP contribution in [0.25, 0.3) is 0 Å². The molecule has 0 heterocycles. The van der Waals surface area contributed by atoms with E-state index < -0.39 is 5.50 Å². The first-order valence-corrected chi connectivity index (χ1v) is 5.87. The van der Waals surface area contributed by atoms with E-state index in [9.17, 15) is 4.79 Å². The van der Waals surface area contributed by atoms with Gasteiger partial charge in [0, 0.05) is 11.9 Å². The van der Waals surface area contributed by atoms with Gasteiger partial charge in [0.05, 0.1) is 5.69 Å². The van der Waals surface area contributed by atoms with Gasteiger partial charge in [0.2, 0.25) is 5.91 Å². The maximum Gasteiger partial charge on any atom is 0.225 e. The zero-order valence-corrected chi connectivity index (χ0v) is 11.4. The molecule has 1 rings (SSSR count). The molecule has 0 N–H and O–H groups in total. The van der Waals surface area contributed by atoms with Crippen molar-refractivity contribution in [2.45, 2.75) is 33.2 Å². The summed E-state index contributed by atoms with van der Waals surface area (Å²) in [5, 5.41) is 0.643. The van der Waals surface area contributed by atoms with Crippen LogP contribution in [0.3, 0.4) is 0 Å². The Morgan fingerprint density at radius 2 is 1.94 bits per heavy atom. The maximum absolute atomic E-state index is 11.6. The van der Waals surface area contributed by atoms with Gasteiger partial charge in [0.15, 0.2) is 0 Å². The summed E-state index contributed by atoms with van der Waals surface area (Å²) in [7, 11) is 0. The van der Waals surface area contributed by atoms with Gasteiger partial charge in [-0.05, 0) is 38.0 Å². The van der Waals surface area contributed by atoms with Crippen LogP contribution in [0.15, 0.2) is 12.1 Å². The number of rotatable bonds is 2. The molecule has 1 amide bonds. The van der Waals surface area contributed by atoms with Gasteiger partial charge in [0.1, 0.15) is 5.50 Å². The van der Waals surface area contributed by atoms with E-state index in [2.05, 4.69) is 0 Å². The quantitative estimate of drug-likeness (QED) is 0.583. The predicted octanol–water partition coefficient (Wildman–Crippen LogP) is 3.89.